The van der Waals surface area contributed by atoms with Crippen LogP contribution in [-0.2, 0) is 9.53 Å². The average molecular weight is 374 g/mol. The molecular weight excluding hydrogens is 351 g/mol. The molecule has 1 aromatic heterocycles. The summed E-state index contributed by atoms with van der Waals surface area (Å²) in [5.74, 6) is -0.230. The number of carbonyl (C=O) groups excluding carboxylic acids is 2. The largest absolute Gasteiger partial charge is 0.469 e. The number of nitrogens with zero attached hydrogens (tertiary/aromatic N) is 1. The normalized spacial score (nSPS) is 16.3. The van der Waals surface area contributed by atoms with Crippen LogP contribution in [0.3, 0.4) is 0 Å². The summed E-state index contributed by atoms with van der Waals surface area (Å²) >= 11 is 0. The minimum atomic E-state index is -0.364. The first kappa shape index (κ1) is 19.1. The number of amides is 2. The Bertz CT molecular complexity index is 782. The smallest absolute Gasteiger partial charge is 0.257 e. The van der Waals surface area contributed by atoms with E-state index in [1.165, 1.54) is 30.5 Å². The SMILES string of the molecule is Cc1occc1C(=O)N(CCC(=O)Nc1ccc(F)cc1)C[C@H]1CCCO1. The van der Waals surface area contributed by atoms with Crippen LogP contribution in [0, 0.1) is 12.7 Å². The predicted molar refractivity (Wildman–Crippen MR) is 98.0 cm³/mol. The van der Waals surface area contributed by atoms with E-state index in [1.807, 2.05) is 0 Å². The monoisotopic (exact) mass is 374 g/mol. The summed E-state index contributed by atoms with van der Waals surface area (Å²) in [6.45, 7) is 3.13. The molecule has 3 rings (SSSR count). The molecule has 2 heterocycles. The summed E-state index contributed by atoms with van der Waals surface area (Å²) < 4.78 is 23.8. The number of halogens is 1. The number of anilines is 1. The van der Waals surface area contributed by atoms with Crippen LogP contribution in [0.25, 0.3) is 0 Å². The number of ether oxygens (including phenoxy) is 1. The molecule has 0 saturated carbocycles. The van der Waals surface area contributed by atoms with Crippen molar-refractivity contribution in [1.82, 2.24) is 4.90 Å². The van der Waals surface area contributed by atoms with Gasteiger partial charge in [0.2, 0.25) is 5.91 Å². The molecule has 0 spiro atoms. The molecule has 0 radical (unpaired) electrons. The van der Waals surface area contributed by atoms with E-state index in [0.29, 0.717) is 30.2 Å². The quantitative estimate of drug-likeness (QED) is 0.807. The minimum absolute atomic E-state index is 0.0127. The van der Waals surface area contributed by atoms with E-state index >= 15 is 0 Å². The molecule has 1 N–H and O–H groups in total. The van der Waals surface area contributed by atoms with Crippen molar-refractivity contribution in [2.75, 3.05) is 25.0 Å². The van der Waals surface area contributed by atoms with Crippen LogP contribution in [0.2, 0.25) is 0 Å². The fraction of sp³-hybridized carbons (Fsp3) is 0.400. The van der Waals surface area contributed by atoms with Gasteiger partial charge in [-0.05, 0) is 50.1 Å². The van der Waals surface area contributed by atoms with E-state index in [0.717, 1.165) is 12.8 Å². The molecule has 0 unspecified atom stereocenters. The van der Waals surface area contributed by atoms with Gasteiger partial charge < -0.3 is 19.4 Å². The van der Waals surface area contributed by atoms with E-state index in [2.05, 4.69) is 5.32 Å². The van der Waals surface area contributed by atoms with Gasteiger partial charge >= 0.3 is 0 Å². The summed E-state index contributed by atoms with van der Waals surface area (Å²) in [4.78, 5) is 26.7. The maximum atomic E-state index is 13.0. The van der Waals surface area contributed by atoms with E-state index in [4.69, 9.17) is 9.15 Å². The maximum Gasteiger partial charge on any atom is 0.257 e. The highest BCUT2D eigenvalue weighted by Gasteiger charge is 2.25. The van der Waals surface area contributed by atoms with Crippen LogP contribution in [0.1, 0.15) is 35.4 Å². The Labute approximate surface area is 157 Å². The molecule has 6 nitrogen and oxygen atoms in total. The van der Waals surface area contributed by atoms with Crippen molar-refractivity contribution in [2.24, 2.45) is 0 Å². The van der Waals surface area contributed by atoms with Gasteiger partial charge in [-0.25, -0.2) is 4.39 Å². The Hall–Kier alpha value is -2.67. The summed E-state index contributed by atoms with van der Waals surface area (Å²) in [6.07, 6.45) is 3.47. The number of aryl methyl sites for hydroxylation is 1. The van der Waals surface area contributed by atoms with Crippen LogP contribution < -0.4 is 5.32 Å². The maximum absolute atomic E-state index is 13.0. The van der Waals surface area contributed by atoms with Gasteiger partial charge in [-0.3, -0.25) is 9.59 Å². The molecule has 0 aliphatic carbocycles. The standard InChI is InChI=1S/C20H23FN2O4/c1-14-18(9-12-26-14)20(25)23(13-17-3-2-11-27-17)10-8-19(24)22-16-6-4-15(21)5-7-16/h4-7,9,12,17H,2-3,8,10-11,13H2,1H3,(H,22,24)/t17-/m1/s1. The van der Waals surface area contributed by atoms with Gasteiger partial charge in [-0.1, -0.05) is 0 Å². The summed E-state index contributed by atoms with van der Waals surface area (Å²) in [5, 5.41) is 2.71. The van der Waals surface area contributed by atoms with E-state index in [-0.39, 0.29) is 36.7 Å². The lowest BCUT2D eigenvalue weighted by atomic mass is 10.1. The molecule has 2 amide bonds. The number of carbonyl (C=O) groups is 2. The first-order chi connectivity index (χ1) is 13.0. The van der Waals surface area contributed by atoms with E-state index < -0.39 is 0 Å². The van der Waals surface area contributed by atoms with Crippen molar-refractivity contribution >= 4 is 17.5 Å². The Morgan fingerprint density at radius 1 is 1.26 bits per heavy atom. The fourth-order valence-corrected chi connectivity index (χ4v) is 3.08. The van der Waals surface area contributed by atoms with Gasteiger partial charge in [-0.2, -0.15) is 0 Å². The van der Waals surface area contributed by atoms with Crippen molar-refractivity contribution < 1.29 is 23.1 Å². The van der Waals surface area contributed by atoms with Crippen LogP contribution in [0.15, 0.2) is 41.0 Å². The predicted octanol–water partition coefficient (Wildman–Crippen LogP) is 3.38. The molecule has 1 aromatic carbocycles. The first-order valence-electron chi connectivity index (χ1n) is 9.03. The van der Waals surface area contributed by atoms with E-state index in [9.17, 15) is 14.0 Å². The first-order valence-corrected chi connectivity index (χ1v) is 9.03. The third kappa shape index (κ3) is 5.17. The molecule has 144 valence electrons. The number of rotatable bonds is 7. The number of benzene rings is 1. The van der Waals surface area contributed by atoms with Gasteiger partial charge in [-0.15, -0.1) is 0 Å². The van der Waals surface area contributed by atoms with Gasteiger partial charge in [0, 0.05) is 31.8 Å². The van der Waals surface area contributed by atoms with Crippen LogP contribution in [0.5, 0.6) is 0 Å². The number of nitrogens with one attached hydrogen (secondary N) is 1. The lowest BCUT2D eigenvalue weighted by Gasteiger charge is -2.25. The molecule has 27 heavy (non-hydrogen) atoms. The molecule has 0 bridgehead atoms. The number of hydrogen-bond acceptors (Lipinski definition) is 4. The summed E-state index contributed by atoms with van der Waals surface area (Å²) in [6, 6.07) is 7.20. The van der Waals surface area contributed by atoms with Gasteiger partial charge in [0.05, 0.1) is 17.9 Å². The second-order valence-corrected chi connectivity index (χ2v) is 6.58. The van der Waals surface area contributed by atoms with Crippen molar-refractivity contribution in [3.05, 3.63) is 53.7 Å². The fourth-order valence-electron chi connectivity index (χ4n) is 3.08. The zero-order chi connectivity index (χ0) is 19.2. The third-order valence-corrected chi connectivity index (χ3v) is 4.56. The van der Waals surface area contributed by atoms with Crippen molar-refractivity contribution in [2.45, 2.75) is 32.3 Å². The average Bonchev–Trinajstić information content (AvgIpc) is 3.31. The molecule has 1 aliphatic rings. The van der Waals surface area contributed by atoms with Gasteiger partial charge in [0.15, 0.2) is 0 Å². The highest BCUT2D eigenvalue weighted by molar-refractivity contribution is 5.96. The van der Waals surface area contributed by atoms with Gasteiger partial charge in [0.25, 0.3) is 5.91 Å². The molecule has 1 saturated heterocycles. The molecule has 1 aliphatic heterocycles. The molecule has 7 heteroatoms. The zero-order valence-corrected chi connectivity index (χ0v) is 15.2. The Balaban J connectivity index is 1.61. The minimum Gasteiger partial charge on any atom is -0.469 e. The lowest BCUT2D eigenvalue weighted by molar-refractivity contribution is -0.116. The van der Waals surface area contributed by atoms with Crippen LogP contribution in [0.4, 0.5) is 10.1 Å². The van der Waals surface area contributed by atoms with Crippen molar-refractivity contribution in [1.29, 1.82) is 0 Å². The second kappa shape index (κ2) is 8.81. The van der Waals surface area contributed by atoms with Crippen molar-refractivity contribution in [3.63, 3.8) is 0 Å². The molecule has 2 aromatic rings. The summed E-state index contributed by atoms with van der Waals surface area (Å²) in [7, 11) is 0. The zero-order valence-electron chi connectivity index (χ0n) is 15.2. The summed E-state index contributed by atoms with van der Waals surface area (Å²) in [5.41, 5.74) is 1.01. The van der Waals surface area contributed by atoms with Gasteiger partial charge in [0.1, 0.15) is 11.6 Å². The van der Waals surface area contributed by atoms with Crippen LogP contribution >= 0.6 is 0 Å². The topological polar surface area (TPSA) is 71.8 Å². The molecule has 1 fully saturated rings. The lowest BCUT2D eigenvalue weighted by Crippen LogP contribution is -2.39. The number of hydrogen-bond donors (Lipinski definition) is 1. The van der Waals surface area contributed by atoms with E-state index in [1.54, 1.807) is 17.9 Å². The molecule has 1 atom stereocenters. The number of furan rings is 1. The Kier molecular flexibility index (Phi) is 6.24. The van der Waals surface area contributed by atoms with Crippen molar-refractivity contribution in [3.8, 4) is 0 Å². The highest BCUT2D eigenvalue weighted by Crippen LogP contribution is 2.18. The third-order valence-electron chi connectivity index (χ3n) is 4.56. The van der Waals surface area contributed by atoms with Crippen LogP contribution in [-0.4, -0.2) is 42.5 Å². The Morgan fingerprint density at radius 2 is 2.04 bits per heavy atom. The Morgan fingerprint density at radius 3 is 2.67 bits per heavy atom. The molecular formula is C20H23FN2O4. The second-order valence-electron chi connectivity index (χ2n) is 6.58. The highest BCUT2D eigenvalue weighted by atomic mass is 19.1.